The predicted octanol–water partition coefficient (Wildman–Crippen LogP) is 5.74. The van der Waals surface area contributed by atoms with Gasteiger partial charge >= 0.3 is 0 Å². The van der Waals surface area contributed by atoms with E-state index in [1.165, 1.54) is 14.7 Å². The van der Waals surface area contributed by atoms with Crippen molar-refractivity contribution in [1.82, 2.24) is 5.32 Å². The van der Waals surface area contributed by atoms with Crippen molar-refractivity contribution in [3.63, 3.8) is 0 Å². The fraction of sp³-hybridized carbons (Fsp3) is 0.333. The number of nitrogens with one attached hydrogen (secondary N) is 1. The van der Waals surface area contributed by atoms with Crippen LogP contribution in [0.2, 0.25) is 19.6 Å². The molecule has 2 atom stereocenters. The van der Waals surface area contributed by atoms with Gasteiger partial charge in [-0.1, -0.05) is 79.9 Å². The molecule has 2 aromatic carbocycles. The van der Waals surface area contributed by atoms with Gasteiger partial charge in [0.15, 0.2) is 0 Å². The predicted molar refractivity (Wildman–Crippen MR) is 119 cm³/mol. The highest BCUT2D eigenvalue weighted by Crippen LogP contribution is 2.26. The average molecular weight is 465 g/mol. The lowest BCUT2D eigenvalue weighted by molar-refractivity contribution is 0.163. The molecular formula is C21H28INOSi. The highest BCUT2D eigenvalue weighted by molar-refractivity contribution is 14.1. The van der Waals surface area contributed by atoms with Gasteiger partial charge in [-0.05, 0) is 39.8 Å². The van der Waals surface area contributed by atoms with Crippen LogP contribution >= 0.6 is 22.6 Å². The molecule has 0 heterocycles. The first-order chi connectivity index (χ1) is 11.9. The number of benzene rings is 2. The van der Waals surface area contributed by atoms with E-state index in [1.54, 1.807) is 7.11 Å². The van der Waals surface area contributed by atoms with Gasteiger partial charge in [0.1, 0.15) is 0 Å². The Morgan fingerprint density at radius 3 is 2.28 bits per heavy atom. The van der Waals surface area contributed by atoms with Crippen LogP contribution in [0.15, 0.2) is 66.4 Å². The normalized spacial score (nSPS) is 14.6. The first kappa shape index (κ1) is 20.4. The zero-order chi connectivity index (χ0) is 18.3. The lowest BCUT2D eigenvalue weighted by Crippen LogP contribution is -2.29. The minimum Gasteiger partial charge on any atom is -0.383 e. The van der Waals surface area contributed by atoms with E-state index in [2.05, 4.69) is 114 Å². The summed E-state index contributed by atoms with van der Waals surface area (Å²) in [6, 6.07) is 19.4. The van der Waals surface area contributed by atoms with Gasteiger partial charge in [0, 0.05) is 10.7 Å². The Balaban J connectivity index is 2.34. The number of hydrogen-bond acceptors (Lipinski definition) is 2. The summed E-state index contributed by atoms with van der Waals surface area (Å²) in [4.78, 5) is 0. The van der Waals surface area contributed by atoms with Crippen LogP contribution in [0.5, 0.6) is 0 Å². The van der Waals surface area contributed by atoms with Gasteiger partial charge in [0.05, 0.1) is 26.8 Å². The van der Waals surface area contributed by atoms with E-state index in [0.717, 1.165) is 0 Å². The fourth-order valence-corrected chi connectivity index (χ4v) is 4.16. The van der Waals surface area contributed by atoms with Crippen molar-refractivity contribution in [2.45, 2.75) is 31.7 Å². The van der Waals surface area contributed by atoms with E-state index >= 15 is 0 Å². The van der Waals surface area contributed by atoms with Crippen molar-refractivity contribution >= 4 is 30.7 Å². The van der Waals surface area contributed by atoms with Crippen LogP contribution in [-0.2, 0) is 4.74 Å². The number of hydrogen-bond donors (Lipinski definition) is 1. The van der Waals surface area contributed by atoms with Crippen LogP contribution in [0.1, 0.15) is 23.2 Å². The lowest BCUT2D eigenvalue weighted by atomic mass is 10.0. The Morgan fingerprint density at radius 2 is 1.68 bits per heavy atom. The largest absolute Gasteiger partial charge is 0.383 e. The molecule has 25 heavy (non-hydrogen) atoms. The Kier molecular flexibility index (Phi) is 7.87. The molecule has 2 aromatic rings. The summed E-state index contributed by atoms with van der Waals surface area (Å²) in [5.74, 6) is 0. The molecule has 0 fully saturated rings. The zero-order valence-electron chi connectivity index (χ0n) is 15.5. The van der Waals surface area contributed by atoms with Crippen molar-refractivity contribution in [3.8, 4) is 0 Å². The molecule has 0 radical (unpaired) electrons. The van der Waals surface area contributed by atoms with Crippen molar-refractivity contribution in [2.75, 3.05) is 13.7 Å². The molecule has 0 unspecified atom stereocenters. The van der Waals surface area contributed by atoms with Crippen molar-refractivity contribution in [3.05, 3.63) is 81.1 Å². The van der Waals surface area contributed by atoms with Gasteiger partial charge in [-0.2, -0.15) is 0 Å². The monoisotopic (exact) mass is 465 g/mol. The standard InChI is InChI=1S/C21H28INOSi/c1-24-16-21(17-10-6-5-7-11-17)23-20(14-15-25(2,3)4)18-12-8-9-13-19(18)22/h5-15,20-21,23H,16H2,1-4H3/b15-14+/t20-,21+/m1/s1. The number of ether oxygens (including phenoxy) is 1. The third-order valence-corrected chi connectivity index (χ3v) is 6.12. The molecule has 0 saturated heterocycles. The summed E-state index contributed by atoms with van der Waals surface area (Å²) >= 11 is 2.43. The van der Waals surface area contributed by atoms with Crippen LogP contribution < -0.4 is 5.32 Å². The third kappa shape index (κ3) is 6.70. The van der Waals surface area contributed by atoms with Gasteiger partial charge in [0.2, 0.25) is 0 Å². The summed E-state index contributed by atoms with van der Waals surface area (Å²) in [7, 11) is 0.487. The lowest BCUT2D eigenvalue weighted by Gasteiger charge is -2.26. The average Bonchev–Trinajstić information content (AvgIpc) is 2.58. The van der Waals surface area contributed by atoms with Gasteiger partial charge in [-0.15, -0.1) is 0 Å². The number of halogens is 1. The molecule has 2 rings (SSSR count). The maximum absolute atomic E-state index is 5.49. The number of rotatable bonds is 8. The van der Waals surface area contributed by atoms with E-state index in [4.69, 9.17) is 4.74 Å². The fourth-order valence-electron chi connectivity index (χ4n) is 2.67. The van der Waals surface area contributed by atoms with Crippen molar-refractivity contribution < 1.29 is 4.74 Å². The Bertz CT molecular complexity index is 682. The van der Waals surface area contributed by atoms with Crippen LogP contribution in [0, 0.1) is 3.57 Å². The van der Waals surface area contributed by atoms with Gasteiger partial charge < -0.3 is 4.74 Å². The first-order valence-corrected chi connectivity index (χ1v) is 13.3. The molecule has 0 aliphatic rings. The molecule has 0 amide bonds. The maximum Gasteiger partial charge on any atom is 0.0683 e. The SMILES string of the molecule is COC[C@H](N[C@H](/C=C/[Si](C)(C)C)c1ccccc1I)c1ccccc1. The van der Waals surface area contributed by atoms with E-state index < -0.39 is 8.07 Å². The molecule has 0 spiro atoms. The maximum atomic E-state index is 5.49. The molecule has 0 aromatic heterocycles. The Hall–Kier alpha value is -0.953. The highest BCUT2D eigenvalue weighted by Gasteiger charge is 2.19. The molecule has 4 heteroatoms. The quantitative estimate of drug-likeness (QED) is 0.396. The summed E-state index contributed by atoms with van der Waals surface area (Å²) in [6.07, 6.45) is 2.34. The second kappa shape index (κ2) is 9.66. The van der Waals surface area contributed by atoms with Crippen LogP contribution in [0.3, 0.4) is 0 Å². The van der Waals surface area contributed by atoms with E-state index in [0.29, 0.717) is 6.61 Å². The van der Waals surface area contributed by atoms with Crippen molar-refractivity contribution in [2.24, 2.45) is 0 Å². The van der Waals surface area contributed by atoms with Crippen LogP contribution in [-0.4, -0.2) is 21.8 Å². The Labute approximate surface area is 166 Å². The summed E-state index contributed by atoms with van der Waals surface area (Å²) in [5, 5.41) is 3.81. The van der Waals surface area contributed by atoms with E-state index in [1.807, 2.05) is 0 Å². The molecule has 0 saturated carbocycles. The summed E-state index contributed by atoms with van der Waals surface area (Å²) < 4.78 is 6.77. The van der Waals surface area contributed by atoms with Crippen molar-refractivity contribution in [1.29, 1.82) is 0 Å². The molecular weight excluding hydrogens is 437 g/mol. The molecule has 0 aliphatic heterocycles. The molecule has 2 nitrogen and oxygen atoms in total. The summed E-state index contributed by atoms with van der Waals surface area (Å²) in [5.41, 5.74) is 4.99. The smallest absolute Gasteiger partial charge is 0.0683 e. The second-order valence-corrected chi connectivity index (χ2v) is 13.5. The highest BCUT2D eigenvalue weighted by atomic mass is 127. The molecule has 0 bridgehead atoms. The minimum absolute atomic E-state index is 0.151. The second-order valence-electron chi connectivity index (χ2n) is 7.31. The topological polar surface area (TPSA) is 21.3 Å². The summed E-state index contributed by atoms with van der Waals surface area (Å²) in [6.45, 7) is 7.73. The van der Waals surface area contributed by atoms with E-state index in [-0.39, 0.29) is 12.1 Å². The Morgan fingerprint density at radius 1 is 1.04 bits per heavy atom. The first-order valence-electron chi connectivity index (χ1n) is 8.64. The van der Waals surface area contributed by atoms with Crippen LogP contribution in [0.25, 0.3) is 0 Å². The van der Waals surface area contributed by atoms with Gasteiger partial charge in [-0.25, -0.2) is 0 Å². The van der Waals surface area contributed by atoms with Crippen LogP contribution in [0.4, 0.5) is 0 Å². The van der Waals surface area contributed by atoms with Gasteiger partial charge in [-0.3, -0.25) is 5.32 Å². The molecule has 134 valence electrons. The van der Waals surface area contributed by atoms with E-state index in [9.17, 15) is 0 Å². The molecule has 0 aliphatic carbocycles. The third-order valence-electron chi connectivity index (χ3n) is 3.94. The minimum atomic E-state index is -1.27. The van der Waals surface area contributed by atoms with Gasteiger partial charge in [0.25, 0.3) is 0 Å². The molecule has 1 N–H and O–H groups in total. The zero-order valence-corrected chi connectivity index (χ0v) is 18.7. The number of methoxy groups -OCH3 is 1.